The zero-order valence-corrected chi connectivity index (χ0v) is 10.5. The molecule has 0 spiro atoms. The van der Waals surface area contributed by atoms with Crippen LogP contribution in [0.25, 0.3) is 0 Å². The Morgan fingerprint density at radius 3 is 3.18 bits per heavy atom. The van der Waals surface area contributed by atoms with E-state index < -0.39 is 0 Å². The Morgan fingerprint density at radius 2 is 2.47 bits per heavy atom. The van der Waals surface area contributed by atoms with Crippen molar-refractivity contribution < 1.29 is 14.3 Å². The molecule has 0 aromatic rings. The van der Waals surface area contributed by atoms with Crippen molar-refractivity contribution in [2.75, 3.05) is 39.4 Å². The molecular weight excluding hydrogens is 220 g/mol. The first-order valence-electron chi connectivity index (χ1n) is 6.54. The number of nitrogens with one attached hydrogen (secondary N) is 1. The zero-order chi connectivity index (χ0) is 12.1. The van der Waals surface area contributed by atoms with Gasteiger partial charge in [0.15, 0.2) is 0 Å². The highest BCUT2D eigenvalue weighted by atomic mass is 16.5. The minimum atomic E-state index is -0.302. The van der Waals surface area contributed by atoms with Gasteiger partial charge in [-0.25, -0.2) is 0 Å². The molecular formula is C12H22N2O3. The molecule has 1 amide bonds. The van der Waals surface area contributed by atoms with E-state index in [0.717, 1.165) is 25.9 Å². The third-order valence-electron chi connectivity index (χ3n) is 3.30. The fourth-order valence-electron chi connectivity index (χ4n) is 2.44. The molecule has 2 fully saturated rings. The molecule has 98 valence electrons. The van der Waals surface area contributed by atoms with Crippen LogP contribution in [0, 0.1) is 0 Å². The third kappa shape index (κ3) is 3.40. The molecule has 2 rings (SSSR count). The summed E-state index contributed by atoms with van der Waals surface area (Å²) in [4.78, 5) is 14.1. The Hall–Kier alpha value is -0.650. The van der Waals surface area contributed by atoms with Gasteiger partial charge in [0, 0.05) is 32.8 Å². The fraction of sp³-hybridized carbons (Fsp3) is 0.917. The second-order valence-corrected chi connectivity index (χ2v) is 4.57. The van der Waals surface area contributed by atoms with Gasteiger partial charge in [-0.1, -0.05) is 0 Å². The molecule has 0 radical (unpaired) electrons. The summed E-state index contributed by atoms with van der Waals surface area (Å²) in [6.45, 7) is 6.36. The van der Waals surface area contributed by atoms with E-state index in [4.69, 9.17) is 9.47 Å². The van der Waals surface area contributed by atoms with E-state index in [2.05, 4.69) is 5.32 Å². The molecule has 5 heteroatoms. The average Bonchev–Trinajstić information content (AvgIpc) is 2.40. The highest BCUT2D eigenvalue weighted by Crippen LogP contribution is 2.15. The van der Waals surface area contributed by atoms with Gasteiger partial charge in [-0.05, 0) is 19.8 Å². The molecule has 1 N–H and O–H groups in total. The Bertz CT molecular complexity index is 252. The van der Waals surface area contributed by atoms with Crippen molar-refractivity contribution >= 4 is 5.91 Å². The molecule has 0 aromatic heterocycles. The van der Waals surface area contributed by atoms with Gasteiger partial charge in [-0.3, -0.25) is 4.79 Å². The number of nitrogens with zero attached hydrogens (tertiary/aromatic N) is 1. The summed E-state index contributed by atoms with van der Waals surface area (Å²) in [6.07, 6.45) is 1.98. The predicted molar refractivity (Wildman–Crippen MR) is 63.8 cm³/mol. The average molecular weight is 242 g/mol. The maximum Gasteiger partial charge on any atom is 0.253 e. The summed E-state index contributed by atoms with van der Waals surface area (Å²) in [5.41, 5.74) is 0. The summed E-state index contributed by atoms with van der Waals surface area (Å²) in [6, 6.07) is 0. The van der Waals surface area contributed by atoms with Crippen LogP contribution in [-0.4, -0.2) is 62.4 Å². The smallest absolute Gasteiger partial charge is 0.253 e. The van der Waals surface area contributed by atoms with Gasteiger partial charge in [0.25, 0.3) is 5.91 Å². The van der Waals surface area contributed by atoms with Gasteiger partial charge in [-0.2, -0.15) is 0 Å². The maximum atomic E-state index is 12.2. The number of ether oxygens (including phenoxy) is 2. The standard InChI is InChI=1S/C12H22N2O3/c1-2-16-10-4-3-6-14(9-10)12(15)11-8-13-5-7-17-11/h10-11,13H,2-9H2,1H3. The van der Waals surface area contributed by atoms with E-state index in [9.17, 15) is 4.79 Å². The predicted octanol–water partition coefficient (Wildman–Crippen LogP) is 0.00230. The molecule has 2 saturated heterocycles. The highest BCUT2D eigenvalue weighted by molar-refractivity contribution is 5.81. The van der Waals surface area contributed by atoms with Crippen LogP contribution in [0.15, 0.2) is 0 Å². The summed E-state index contributed by atoms with van der Waals surface area (Å²) < 4.78 is 11.1. The summed E-state index contributed by atoms with van der Waals surface area (Å²) in [5, 5.41) is 3.19. The largest absolute Gasteiger partial charge is 0.377 e. The number of hydrogen-bond acceptors (Lipinski definition) is 4. The lowest BCUT2D eigenvalue weighted by Gasteiger charge is -2.35. The summed E-state index contributed by atoms with van der Waals surface area (Å²) in [5.74, 6) is 0.113. The van der Waals surface area contributed by atoms with Gasteiger partial charge < -0.3 is 19.7 Å². The Balaban J connectivity index is 1.85. The minimum absolute atomic E-state index is 0.113. The molecule has 17 heavy (non-hydrogen) atoms. The fourth-order valence-corrected chi connectivity index (χ4v) is 2.44. The first-order chi connectivity index (χ1) is 8.31. The van der Waals surface area contributed by atoms with Crippen molar-refractivity contribution in [1.82, 2.24) is 10.2 Å². The lowest BCUT2D eigenvalue weighted by Crippen LogP contribution is -2.52. The first-order valence-corrected chi connectivity index (χ1v) is 6.54. The molecule has 0 aliphatic carbocycles. The second-order valence-electron chi connectivity index (χ2n) is 4.57. The van der Waals surface area contributed by atoms with E-state index >= 15 is 0 Å². The van der Waals surface area contributed by atoms with Crippen LogP contribution < -0.4 is 5.32 Å². The van der Waals surface area contributed by atoms with Crippen molar-refractivity contribution in [2.45, 2.75) is 32.0 Å². The molecule has 5 nitrogen and oxygen atoms in total. The first kappa shape index (κ1) is 12.8. The van der Waals surface area contributed by atoms with Crippen LogP contribution in [0.5, 0.6) is 0 Å². The lowest BCUT2D eigenvalue weighted by molar-refractivity contribution is -0.149. The van der Waals surface area contributed by atoms with Gasteiger partial charge in [0.2, 0.25) is 0 Å². The van der Waals surface area contributed by atoms with Gasteiger partial charge in [0.05, 0.1) is 12.7 Å². The number of rotatable bonds is 3. The van der Waals surface area contributed by atoms with Gasteiger partial charge >= 0.3 is 0 Å². The van der Waals surface area contributed by atoms with E-state index in [1.807, 2.05) is 11.8 Å². The molecule has 2 aliphatic rings. The molecule has 2 aliphatic heterocycles. The maximum absolute atomic E-state index is 12.2. The van der Waals surface area contributed by atoms with E-state index in [1.165, 1.54) is 0 Å². The van der Waals surface area contributed by atoms with Crippen LogP contribution in [0.2, 0.25) is 0 Å². The zero-order valence-electron chi connectivity index (χ0n) is 10.5. The second kappa shape index (κ2) is 6.33. The normalized spacial score (nSPS) is 30.3. The van der Waals surface area contributed by atoms with Crippen molar-refractivity contribution in [3.63, 3.8) is 0 Å². The van der Waals surface area contributed by atoms with E-state index in [1.54, 1.807) is 0 Å². The molecule has 0 saturated carbocycles. The number of hydrogen-bond donors (Lipinski definition) is 1. The van der Waals surface area contributed by atoms with Crippen LogP contribution in [-0.2, 0) is 14.3 Å². The number of amides is 1. The Morgan fingerprint density at radius 1 is 1.59 bits per heavy atom. The van der Waals surface area contributed by atoms with Crippen LogP contribution >= 0.6 is 0 Å². The Kier molecular flexibility index (Phi) is 4.76. The number of piperidine rings is 1. The summed E-state index contributed by atoms with van der Waals surface area (Å²) in [7, 11) is 0. The molecule has 2 atom stereocenters. The topological polar surface area (TPSA) is 50.8 Å². The lowest BCUT2D eigenvalue weighted by atomic mass is 10.1. The Labute approximate surface area is 102 Å². The van der Waals surface area contributed by atoms with Crippen molar-refractivity contribution in [1.29, 1.82) is 0 Å². The molecule has 2 unspecified atom stereocenters. The number of carbonyl (C=O) groups is 1. The quantitative estimate of drug-likeness (QED) is 0.757. The molecule has 0 aromatic carbocycles. The van der Waals surface area contributed by atoms with Gasteiger partial charge in [0.1, 0.15) is 6.10 Å². The summed E-state index contributed by atoms with van der Waals surface area (Å²) >= 11 is 0. The molecule has 2 heterocycles. The number of morpholine rings is 1. The monoisotopic (exact) mass is 242 g/mol. The number of likely N-dealkylation sites (tertiary alicyclic amines) is 1. The van der Waals surface area contributed by atoms with Gasteiger partial charge in [-0.15, -0.1) is 0 Å². The minimum Gasteiger partial charge on any atom is -0.377 e. The van der Waals surface area contributed by atoms with Crippen molar-refractivity contribution in [3.8, 4) is 0 Å². The van der Waals surface area contributed by atoms with Crippen LogP contribution in [0.4, 0.5) is 0 Å². The van der Waals surface area contributed by atoms with Crippen molar-refractivity contribution in [2.24, 2.45) is 0 Å². The SMILES string of the molecule is CCOC1CCCN(C(=O)C2CNCCO2)C1. The van der Waals surface area contributed by atoms with Crippen molar-refractivity contribution in [3.05, 3.63) is 0 Å². The molecule has 0 bridgehead atoms. The third-order valence-corrected chi connectivity index (χ3v) is 3.30. The van der Waals surface area contributed by atoms with Crippen LogP contribution in [0.1, 0.15) is 19.8 Å². The van der Waals surface area contributed by atoms with E-state index in [0.29, 0.717) is 26.3 Å². The number of carbonyl (C=O) groups excluding carboxylic acids is 1. The van der Waals surface area contributed by atoms with E-state index in [-0.39, 0.29) is 18.1 Å². The highest BCUT2D eigenvalue weighted by Gasteiger charge is 2.30. The van der Waals surface area contributed by atoms with Crippen LogP contribution in [0.3, 0.4) is 0 Å².